The SMILES string of the molecule is COCCCn1c(=S)[nH]c2cc(C(=O)NCCOc3ccccc3C)ccc2c1=O. The molecule has 3 aromatic rings. The van der Waals surface area contributed by atoms with Gasteiger partial charge in [-0.1, -0.05) is 18.2 Å². The number of nitrogens with one attached hydrogen (secondary N) is 2. The number of aromatic nitrogens is 2. The van der Waals surface area contributed by atoms with Crippen LogP contribution in [0.1, 0.15) is 22.3 Å². The molecule has 0 atom stereocenters. The number of rotatable bonds is 9. The molecule has 3 rings (SSSR count). The van der Waals surface area contributed by atoms with Crippen LogP contribution in [-0.2, 0) is 11.3 Å². The van der Waals surface area contributed by atoms with Crippen molar-refractivity contribution in [1.29, 1.82) is 0 Å². The fraction of sp³-hybridized carbons (Fsp3) is 0.318. The molecule has 30 heavy (non-hydrogen) atoms. The van der Waals surface area contributed by atoms with Gasteiger partial charge in [0.15, 0.2) is 4.77 Å². The quantitative estimate of drug-likeness (QED) is 0.405. The van der Waals surface area contributed by atoms with Crippen molar-refractivity contribution in [3.63, 3.8) is 0 Å². The van der Waals surface area contributed by atoms with Gasteiger partial charge in [0.05, 0.1) is 17.4 Å². The summed E-state index contributed by atoms with van der Waals surface area (Å²) in [6.07, 6.45) is 0.685. The monoisotopic (exact) mass is 427 g/mol. The van der Waals surface area contributed by atoms with Crippen LogP contribution < -0.4 is 15.6 Å². The zero-order chi connectivity index (χ0) is 21.5. The number of aryl methyl sites for hydroxylation is 1. The molecule has 0 aliphatic carbocycles. The third kappa shape index (κ3) is 5.14. The van der Waals surface area contributed by atoms with Crippen molar-refractivity contribution in [3.8, 4) is 5.75 Å². The molecular formula is C22H25N3O4S. The molecule has 7 nitrogen and oxygen atoms in total. The highest BCUT2D eigenvalue weighted by atomic mass is 32.1. The number of methoxy groups -OCH3 is 1. The fourth-order valence-corrected chi connectivity index (χ4v) is 3.40. The molecule has 0 fully saturated rings. The maximum absolute atomic E-state index is 12.7. The first-order valence-corrected chi connectivity index (χ1v) is 10.1. The summed E-state index contributed by atoms with van der Waals surface area (Å²) < 4.78 is 12.6. The van der Waals surface area contributed by atoms with Crippen molar-refractivity contribution in [3.05, 3.63) is 68.7 Å². The van der Waals surface area contributed by atoms with Gasteiger partial charge in [-0.05, 0) is 55.4 Å². The second-order valence-corrected chi connectivity index (χ2v) is 7.25. The number of hydrogen-bond acceptors (Lipinski definition) is 5. The average molecular weight is 428 g/mol. The molecule has 158 valence electrons. The van der Waals surface area contributed by atoms with Gasteiger partial charge in [-0.2, -0.15) is 0 Å². The minimum Gasteiger partial charge on any atom is -0.491 e. The molecule has 2 N–H and O–H groups in total. The van der Waals surface area contributed by atoms with Gasteiger partial charge in [-0.25, -0.2) is 0 Å². The lowest BCUT2D eigenvalue weighted by Gasteiger charge is -2.11. The molecule has 8 heteroatoms. The molecule has 1 aromatic heterocycles. The Morgan fingerprint density at radius 2 is 2.00 bits per heavy atom. The van der Waals surface area contributed by atoms with E-state index in [1.54, 1.807) is 25.3 Å². The Labute approximate surface area is 179 Å². The molecule has 0 unspecified atom stereocenters. The van der Waals surface area contributed by atoms with Crippen molar-refractivity contribution in [2.75, 3.05) is 26.9 Å². The molecule has 0 saturated carbocycles. The predicted octanol–water partition coefficient (Wildman–Crippen LogP) is 3.21. The second-order valence-electron chi connectivity index (χ2n) is 6.86. The minimum atomic E-state index is -0.242. The molecule has 0 aliphatic heterocycles. The Morgan fingerprint density at radius 1 is 1.20 bits per heavy atom. The van der Waals surface area contributed by atoms with E-state index in [9.17, 15) is 9.59 Å². The molecule has 0 aliphatic rings. The molecular weight excluding hydrogens is 402 g/mol. The van der Waals surface area contributed by atoms with Crippen LogP contribution in [0.4, 0.5) is 0 Å². The topological polar surface area (TPSA) is 85.3 Å². The molecule has 1 heterocycles. The first-order valence-electron chi connectivity index (χ1n) is 9.73. The number of para-hydroxylation sites is 1. The zero-order valence-electron chi connectivity index (χ0n) is 17.1. The Kier molecular flexibility index (Phi) is 7.37. The molecule has 0 radical (unpaired) electrons. The van der Waals surface area contributed by atoms with E-state index in [4.69, 9.17) is 21.7 Å². The Morgan fingerprint density at radius 3 is 2.77 bits per heavy atom. The number of hydrogen-bond donors (Lipinski definition) is 2. The van der Waals surface area contributed by atoms with Crippen molar-refractivity contribution in [1.82, 2.24) is 14.9 Å². The van der Waals surface area contributed by atoms with E-state index in [-0.39, 0.29) is 11.5 Å². The zero-order valence-corrected chi connectivity index (χ0v) is 17.9. The number of aromatic amines is 1. The van der Waals surface area contributed by atoms with E-state index >= 15 is 0 Å². The fourth-order valence-electron chi connectivity index (χ4n) is 3.11. The standard InChI is InChI=1S/C22H25N3O4S/c1-15-6-3-4-7-19(15)29-13-10-23-20(26)16-8-9-17-18(14-16)24-22(30)25(21(17)27)11-5-12-28-2/h3-4,6-9,14H,5,10-13H2,1-2H3,(H,23,26)(H,24,30). The normalized spacial score (nSPS) is 10.9. The summed E-state index contributed by atoms with van der Waals surface area (Å²) in [5, 5.41) is 3.31. The van der Waals surface area contributed by atoms with Gasteiger partial charge >= 0.3 is 0 Å². The van der Waals surface area contributed by atoms with Crippen molar-refractivity contribution in [2.24, 2.45) is 0 Å². The Balaban J connectivity index is 1.66. The largest absolute Gasteiger partial charge is 0.491 e. The highest BCUT2D eigenvalue weighted by Crippen LogP contribution is 2.15. The van der Waals surface area contributed by atoms with E-state index in [1.807, 2.05) is 31.2 Å². The molecule has 0 bridgehead atoms. The van der Waals surface area contributed by atoms with Crippen molar-refractivity contribution in [2.45, 2.75) is 19.9 Å². The lowest BCUT2D eigenvalue weighted by atomic mass is 10.1. The lowest BCUT2D eigenvalue weighted by molar-refractivity contribution is 0.0947. The highest BCUT2D eigenvalue weighted by Gasteiger charge is 2.10. The Hall–Kier alpha value is -2.97. The van der Waals surface area contributed by atoms with Crippen LogP contribution >= 0.6 is 12.2 Å². The number of carbonyl (C=O) groups is 1. The minimum absolute atomic E-state index is 0.177. The maximum Gasteiger partial charge on any atom is 0.262 e. The van der Waals surface area contributed by atoms with Crippen LogP contribution in [0.2, 0.25) is 0 Å². The third-order valence-corrected chi connectivity index (χ3v) is 5.04. The lowest BCUT2D eigenvalue weighted by Crippen LogP contribution is -2.28. The summed E-state index contributed by atoms with van der Waals surface area (Å²) in [7, 11) is 1.62. The number of benzene rings is 2. The summed E-state index contributed by atoms with van der Waals surface area (Å²) in [4.78, 5) is 28.2. The first kappa shape index (κ1) is 21.7. The van der Waals surface area contributed by atoms with Gasteiger partial charge in [0.2, 0.25) is 0 Å². The number of fused-ring (bicyclic) bond motifs is 1. The first-order chi connectivity index (χ1) is 14.5. The van der Waals surface area contributed by atoms with Gasteiger partial charge in [0.1, 0.15) is 12.4 Å². The smallest absolute Gasteiger partial charge is 0.262 e. The molecule has 0 spiro atoms. The number of amides is 1. The van der Waals surface area contributed by atoms with Crippen LogP contribution in [0, 0.1) is 11.7 Å². The summed E-state index contributed by atoms with van der Waals surface area (Å²) in [6, 6.07) is 12.6. The van der Waals surface area contributed by atoms with E-state index in [2.05, 4.69) is 10.3 Å². The van der Waals surface area contributed by atoms with Crippen LogP contribution in [0.15, 0.2) is 47.3 Å². The van der Waals surface area contributed by atoms with Crippen LogP contribution in [0.25, 0.3) is 10.9 Å². The van der Waals surface area contributed by atoms with Crippen LogP contribution in [0.3, 0.4) is 0 Å². The van der Waals surface area contributed by atoms with Gasteiger partial charge in [0.25, 0.3) is 11.5 Å². The van der Waals surface area contributed by atoms with E-state index in [0.717, 1.165) is 11.3 Å². The Bertz CT molecular complexity index is 1150. The predicted molar refractivity (Wildman–Crippen MR) is 119 cm³/mol. The molecule has 1 amide bonds. The number of carbonyl (C=O) groups excluding carboxylic acids is 1. The van der Waals surface area contributed by atoms with Gasteiger partial charge in [0, 0.05) is 25.8 Å². The highest BCUT2D eigenvalue weighted by molar-refractivity contribution is 7.71. The van der Waals surface area contributed by atoms with E-state index in [1.165, 1.54) is 4.57 Å². The van der Waals surface area contributed by atoms with Gasteiger partial charge in [-0.15, -0.1) is 0 Å². The van der Waals surface area contributed by atoms with Crippen LogP contribution in [0.5, 0.6) is 5.75 Å². The summed E-state index contributed by atoms with van der Waals surface area (Å²) in [5.74, 6) is 0.556. The van der Waals surface area contributed by atoms with E-state index in [0.29, 0.717) is 54.0 Å². The number of nitrogens with zero attached hydrogens (tertiary/aromatic N) is 1. The van der Waals surface area contributed by atoms with Gasteiger partial charge < -0.3 is 19.8 Å². The second kappa shape index (κ2) is 10.2. The van der Waals surface area contributed by atoms with Crippen molar-refractivity contribution < 1.29 is 14.3 Å². The molecule has 2 aromatic carbocycles. The summed E-state index contributed by atoms with van der Waals surface area (Å²) in [5.41, 5.74) is 1.85. The number of ether oxygens (including phenoxy) is 2. The number of H-pyrrole nitrogens is 1. The van der Waals surface area contributed by atoms with E-state index < -0.39 is 0 Å². The third-order valence-electron chi connectivity index (χ3n) is 4.71. The summed E-state index contributed by atoms with van der Waals surface area (Å²) in [6.45, 7) is 3.71. The maximum atomic E-state index is 12.7. The summed E-state index contributed by atoms with van der Waals surface area (Å²) >= 11 is 5.32. The van der Waals surface area contributed by atoms with Gasteiger partial charge in [-0.3, -0.25) is 14.2 Å². The van der Waals surface area contributed by atoms with Crippen LogP contribution in [-0.4, -0.2) is 42.3 Å². The van der Waals surface area contributed by atoms with Crippen molar-refractivity contribution >= 4 is 29.0 Å². The molecule has 0 saturated heterocycles. The average Bonchev–Trinajstić information content (AvgIpc) is 2.74.